The molecule has 0 fully saturated rings. The lowest BCUT2D eigenvalue weighted by molar-refractivity contribution is -0.140. The summed E-state index contributed by atoms with van der Waals surface area (Å²) in [6, 6.07) is 18.3. The van der Waals surface area contributed by atoms with Gasteiger partial charge >= 0.3 is 0 Å². The first-order valence-corrected chi connectivity index (χ1v) is 15.4. The van der Waals surface area contributed by atoms with Crippen LogP contribution in [0.1, 0.15) is 30.9 Å². The lowest BCUT2D eigenvalue weighted by Gasteiger charge is -2.33. The number of nitrogens with one attached hydrogen (secondary N) is 1. The fourth-order valence-corrected chi connectivity index (χ4v) is 5.36. The van der Waals surface area contributed by atoms with Gasteiger partial charge in [-0.25, -0.2) is 12.8 Å². The Balaban J connectivity index is 2.04. The number of carbonyl (C=O) groups excluding carboxylic acids is 2. The Morgan fingerprint density at radius 2 is 1.71 bits per heavy atom. The minimum absolute atomic E-state index is 0.0429. The topological polar surface area (TPSA) is 96.0 Å². The number of sulfonamides is 1. The molecule has 220 valence electrons. The molecule has 3 aromatic carbocycles. The van der Waals surface area contributed by atoms with Gasteiger partial charge in [0.1, 0.15) is 24.2 Å². The number of methoxy groups -OCH3 is 1. The van der Waals surface area contributed by atoms with Gasteiger partial charge < -0.3 is 15.0 Å². The molecule has 1 atom stereocenters. The van der Waals surface area contributed by atoms with Gasteiger partial charge in [-0.2, -0.15) is 0 Å². The fraction of sp³-hybridized carbons (Fsp3) is 0.333. The summed E-state index contributed by atoms with van der Waals surface area (Å²) in [6.45, 7) is 1.80. The molecule has 0 saturated heterocycles. The van der Waals surface area contributed by atoms with Crippen molar-refractivity contribution < 1.29 is 27.1 Å². The van der Waals surface area contributed by atoms with Crippen LogP contribution in [0.4, 0.5) is 10.1 Å². The molecule has 0 radical (unpaired) electrons. The van der Waals surface area contributed by atoms with E-state index in [4.69, 9.17) is 16.3 Å². The van der Waals surface area contributed by atoms with Gasteiger partial charge in [-0.15, -0.1) is 0 Å². The molecule has 8 nitrogen and oxygen atoms in total. The third kappa shape index (κ3) is 9.19. The van der Waals surface area contributed by atoms with E-state index in [-0.39, 0.29) is 29.6 Å². The number of carbonyl (C=O) groups is 2. The molecule has 11 heteroatoms. The normalized spacial score (nSPS) is 11.9. The molecule has 0 saturated carbocycles. The Bertz CT molecular complexity index is 1420. The number of benzene rings is 3. The molecule has 0 bridgehead atoms. The Kier molecular flexibility index (Phi) is 11.5. The third-order valence-electron chi connectivity index (χ3n) is 6.47. The van der Waals surface area contributed by atoms with E-state index in [1.54, 1.807) is 0 Å². The number of hydrogen-bond donors (Lipinski definition) is 1. The van der Waals surface area contributed by atoms with E-state index >= 15 is 0 Å². The van der Waals surface area contributed by atoms with Gasteiger partial charge in [-0.1, -0.05) is 67.4 Å². The summed E-state index contributed by atoms with van der Waals surface area (Å²) in [5.41, 5.74) is 1.57. The first-order chi connectivity index (χ1) is 19.5. The van der Waals surface area contributed by atoms with E-state index in [0.29, 0.717) is 17.9 Å². The smallest absolute Gasteiger partial charge is 0.244 e. The fourth-order valence-electron chi connectivity index (χ4n) is 4.27. The zero-order chi connectivity index (χ0) is 30.0. The van der Waals surface area contributed by atoms with Crippen molar-refractivity contribution in [3.63, 3.8) is 0 Å². The van der Waals surface area contributed by atoms with E-state index in [9.17, 15) is 22.4 Å². The van der Waals surface area contributed by atoms with Crippen molar-refractivity contribution in [3.05, 3.63) is 94.8 Å². The van der Waals surface area contributed by atoms with Crippen LogP contribution in [-0.4, -0.2) is 57.6 Å². The molecule has 0 unspecified atom stereocenters. The average molecular weight is 604 g/mol. The van der Waals surface area contributed by atoms with E-state index in [1.165, 1.54) is 54.5 Å². The second-order valence-electron chi connectivity index (χ2n) is 9.59. The number of anilines is 1. The first-order valence-electron chi connectivity index (χ1n) is 13.2. The molecule has 0 aliphatic carbocycles. The van der Waals surface area contributed by atoms with Crippen LogP contribution in [0.2, 0.25) is 5.02 Å². The number of halogens is 2. The molecule has 0 aliphatic heterocycles. The SMILES string of the molecule is CCCCNC(=O)[C@H](Cc1ccccc1)N(Cc1ccc(F)cc1)C(=O)CN(c1ccc(OC)c(Cl)c1)S(C)(=O)=O. The predicted octanol–water partition coefficient (Wildman–Crippen LogP) is 4.81. The monoisotopic (exact) mass is 603 g/mol. The summed E-state index contributed by atoms with van der Waals surface area (Å²) < 4.78 is 45.5. The van der Waals surface area contributed by atoms with E-state index < -0.39 is 34.3 Å². The highest BCUT2D eigenvalue weighted by molar-refractivity contribution is 7.92. The van der Waals surface area contributed by atoms with Crippen LogP contribution < -0.4 is 14.4 Å². The zero-order valence-electron chi connectivity index (χ0n) is 23.3. The summed E-state index contributed by atoms with van der Waals surface area (Å²) in [4.78, 5) is 28.9. The van der Waals surface area contributed by atoms with Crippen molar-refractivity contribution in [2.24, 2.45) is 0 Å². The predicted molar refractivity (Wildman–Crippen MR) is 159 cm³/mol. The Morgan fingerprint density at radius 3 is 2.29 bits per heavy atom. The van der Waals surface area contributed by atoms with Crippen molar-refractivity contribution in [1.82, 2.24) is 10.2 Å². The van der Waals surface area contributed by atoms with Gasteiger partial charge in [-0.05, 0) is 47.9 Å². The largest absolute Gasteiger partial charge is 0.495 e. The lowest BCUT2D eigenvalue weighted by Crippen LogP contribution is -2.53. The molecule has 41 heavy (non-hydrogen) atoms. The quantitative estimate of drug-likeness (QED) is 0.267. The highest BCUT2D eigenvalue weighted by atomic mass is 35.5. The Hall–Kier alpha value is -3.63. The average Bonchev–Trinajstić information content (AvgIpc) is 2.94. The van der Waals surface area contributed by atoms with Gasteiger partial charge in [0.15, 0.2) is 0 Å². The number of hydrogen-bond acceptors (Lipinski definition) is 5. The van der Waals surface area contributed by atoms with Crippen LogP contribution in [0, 0.1) is 5.82 Å². The van der Waals surface area contributed by atoms with Gasteiger partial charge in [0.25, 0.3) is 0 Å². The van der Waals surface area contributed by atoms with Gasteiger partial charge in [-0.3, -0.25) is 13.9 Å². The van der Waals surface area contributed by atoms with Crippen molar-refractivity contribution >= 4 is 39.1 Å². The summed E-state index contributed by atoms with van der Waals surface area (Å²) >= 11 is 6.26. The summed E-state index contributed by atoms with van der Waals surface area (Å²) in [5, 5.41) is 3.09. The lowest BCUT2D eigenvalue weighted by atomic mass is 10.0. The summed E-state index contributed by atoms with van der Waals surface area (Å²) in [7, 11) is -2.51. The Morgan fingerprint density at radius 1 is 1.02 bits per heavy atom. The maximum Gasteiger partial charge on any atom is 0.244 e. The maximum atomic E-state index is 14.0. The molecule has 0 spiro atoms. The zero-order valence-corrected chi connectivity index (χ0v) is 24.9. The van der Waals surface area contributed by atoms with E-state index in [0.717, 1.165) is 29.0 Å². The molecule has 1 N–H and O–H groups in total. The number of rotatable bonds is 14. The van der Waals surface area contributed by atoms with Crippen LogP contribution in [0.3, 0.4) is 0 Å². The number of amides is 2. The first kappa shape index (κ1) is 31.9. The van der Waals surface area contributed by atoms with Crippen LogP contribution in [0.15, 0.2) is 72.8 Å². The number of ether oxygens (including phenoxy) is 1. The molecular formula is C30H35ClFN3O5S. The molecule has 0 aliphatic rings. The molecule has 0 heterocycles. The van der Waals surface area contributed by atoms with E-state index in [1.807, 2.05) is 37.3 Å². The molecule has 3 aromatic rings. The van der Waals surface area contributed by atoms with Crippen molar-refractivity contribution in [2.75, 3.05) is 30.8 Å². The van der Waals surface area contributed by atoms with Crippen LogP contribution in [0.25, 0.3) is 0 Å². The molecule has 0 aromatic heterocycles. The highest BCUT2D eigenvalue weighted by Gasteiger charge is 2.33. The van der Waals surface area contributed by atoms with Crippen molar-refractivity contribution in [2.45, 2.75) is 38.8 Å². The second kappa shape index (κ2) is 14.8. The van der Waals surface area contributed by atoms with Crippen LogP contribution >= 0.6 is 11.6 Å². The van der Waals surface area contributed by atoms with Crippen LogP contribution in [-0.2, 0) is 32.6 Å². The van der Waals surface area contributed by atoms with Gasteiger partial charge in [0.2, 0.25) is 21.8 Å². The molecule has 3 rings (SSSR count). The van der Waals surface area contributed by atoms with Crippen molar-refractivity contribution in [3.8, 4) is 5.75 Å². The number of unbranched alkanes of at least 4 members (excludes halogenated alkanes) is 1. The number of nitrogens with zero attached hydrogens (tertiary/aromatic N) is 2. The van der Waals surface area contributed by atoms with Crippen LogP contribution in [0.5, 0.6) is 5.75 Å². The van der Waals surface area contributed by atoms with Gasteiger partial charge in [0.05, 0.1) is 24.1 Å². The van der Waals surface area contributed by atoms with E-state index in [2.05, 4.69) is 5.32 Å². The molecule has 2 amide bonds. The summed E-state index contributed by atoms with van der Waals surface area (Å²) in [6.07, 6.45) is 2.81. The van der Waals surface area contributed by atoms with Crippen molar-refractivity contribution in [1.29, 1.82) is 0 Å². The minimum atomic E-state index is -3.95. The standard InChI is InChI=1S/C30H35ClFN3O5S/c1-4-5-17-33-30(37)27(18-22-9-7-6-8-10-22)34(20-23-11-13-24(32)14-12-23)29(36)21-35(41(3,38)39)25-15-16-28(40-2)26(31)19-25/h6-16,19,27H,4-5,17-18,20-21H2,1-3H3,(H,33,37)/t27-/m0/s1. The molecular weight excluding hydrogens is 569 g/mol. The second-order valence-corrected chi connectivity index (χ2v) is 11.9. The van der Waals surface area contributed by atoms with Gasteiger partial charge in [0, 0.05) is 19.5 Å². The highest BCUT2D eigenvalue weighted by Crippen LogP contribution is 2.30. The third-order valence-corrected chi connectivity index (χ3v) is 7.91. The maximum absolute atomic E-state index is 14.0. The summed E-state index contributed by atoms with van der Waals surface area (Å²) in [5.74, 6) is -1.07. The Labute approximate surface area is 246 Å². The minimum Gasteiger partial charge on any atom is -0.495 e.